The van der Waals surface area contributed by atoms with Crippen LogP contribution in [0.15, 0.2) is 34.4 Å². The number of thioether (sulfide) groups is 1. The molecule has 22 heavy (non-hydrogen) atoms. The van der Waals surface area contributed by atoms with Crippen LogP contribution in [0.4, 0.5) is 0 Å². The molecule has 0 aromatic carbocycles. The minimum absolute atomic E-state index is 0.171. The van der Waals surface area contributed by atoms with Crippen LogP contribution >= 0.6 is 11.8 Å². The van der Waals surface area contributed by atoms with Gasteiger partial charge in [-0.1, -0.05) is 6.08 Å². The first kappa shape index (κ1) is 15.6. The van der Waals surface area contributed by atoms with Crippen molar-refractivity contribution in [3.05, 3.63) is 34.4 Å². The maximum absolute atomic E-state index is 12.6. The predicted octanol–water partition coefficient (Wildman–Crippen LogP) is 2.19. The summed E-state index contributed by atoms with van der Waals surface area (Å²) in [5, 5.41) is 10.6. The van der Waals surface area contributed by atoms with Crippen molar-refractivity contribution in [1.82, 2.24) is 0 Å². The normalized spacial score (nSPS) is 28.5. The van der Waals surface area contributed by atoms with Gasteiger partial charge in [0.15, 0.2) is 5.78 Å². The van der Waals surface area contributed by atoms with Crippen molar-refractivity contribution < 1.29 is 19.4 Å². The third-order valence-corrected chi connectivity index (χ3v) is 5.94. The number of carbonyl (C=O) groups is 2. The Morgan fingerprint density at radius 2 is 2.09 bits per heavy atom. The van der Waals surface area contributed by atoms with Crippen LogP contribution in [-0.4, -0.2) is 41.1 Å². The molecule has 3 aliphatic carbocycles. The molecule has 0 aromatic heterocycles. The van der Waals surface area contributed by atoms with Gasteiger partial charge >= 0.3 is 5.97 Å². The number of rotatable bonds is 4. The SMILES string of the molecule is COC(=O)CSCC1=C(C)C=C2C(=O)[C@](C)(O)C3(C=C21)CC3. The van der Waals surface area contributed by atoms with Crippen molar-refractivity contribution in [1.29, 1.82) is 0 Å². The molecule has 0 heterocycles. The molecule has 1 atom stereocenters. The van der Waals surface area contributed by atoms with E-state index < -0.39 is 5.60 Å². The Hall–Kier alpha value is -1.33. The van der Waals surface area contributed by atoms with E-state index in [0.29, 0.717) is 17.1 Å². The maximum Gasteiger partial charge on any atom is 0.315 e. The molecule has 3 rings (SSSR count). The first-order chi connectivity index (χ1) is 10.3. The van der Waals surface area contributed by atoms with E-state index in [1.807, 2.05) is 13.0 Å². The van der Waals surface area contributed by atoms with E-state index >= 15 is 0 Å². The molecule has 1 fully saturated rings. The number of hydrogen-bond donors (Lipinski definition) is 1. The molecule has 118 valence electrons. The molecule has 4 nitrogen and oxygen atoms in total. The van der Waals surface area contributed by atoms with Gasteiger partial charge in [0.2, 0.25) is 0 Å². The minimum Gasteiger partial charge on any atom is -0.468 e. The lowest BCUT2D eigenvalue weighted by molar-refractivity contribution is -0.137. The van der Waals surface area contributed by atoms with E-state index in [-0.39, 0.29) is 17.2 Å². The maximum atomic E-state index is 12.6. The second-order valence-electron chi connectivity index (χ2n) is 6.40. The van der Waals surface area contributed by atoms with Gasteiger partial charge < -0.3 is 9.84 Å². The summed E-state index contributed by atoms with van der Waals surface area (Å²) < 4.78 is 4.65. The first-order valence-corrected chi connectivity index (χ1v) is 8.55. The number of fused-ring (bicyclic) bond motifs is 1. The Kier molecular flexibility index (Phi) is 3.61. The fourth-order valence-corrected chi connectivity index (χ4v) is 4.24. The zero-order valence-corrected chi connectivity index (χ0v) is 13.9. The predicted molar refractivity (Wildman–Crippen MR) is 85.5 cm³/mol. The van der Waals surface area contributed by atoms with Gasteiger partial charge in [-0.15, -0.1) is 11.8 Å². The quantitative estimate of drug-likeness (QED) is 0.805. The average molecular weight is 320 g/mol. The van der Waals surface area contributed by atoms with Crippen LogP contribution < -0.4 is 0 Å². The summed E-state index contributed by atoms with van der Waals surface area (Å²) in [5.74, 6) is 0.546. The van der Waals surface area contributed by atoms with Crippen molar-refractivity contribution in [3.63, 3.8) is 0 Å². The van der Waals surface area contributed by atoms with Gasteiger partial charge in [0, 0.05) is 16.7 Å². The van der Waals surface area contributed by atoms with E-state index in [4.69, 9.17) is 0 Å². The molecule has 5 heteroatoms. The highest BCUT2D eigenvalue weighted by Gasteiger charge is 2.62. The molecule has 1 saturated carbocycles. The summed E-state index contributed by atoms with van der Waals surface area (Å²) in [7, 11) is 1.38. The number of allylic oxidation sites excluding steroid dienone is 3. The minimum atomic E-state index is -1.29. The molecule has 0 aliphatic heterocycles. The van der Waals surface area contributed by atoms with Gasteiger partial charge in [0.05, 0.1) is 12.9 Å². The number of Topliss-reactive ketones (excluding diaryl/α,β-unsaturated/α-hetero) is 1. The van der Waals surface area contributed by atoms with Crippen LogP contribution in [-0.2, 0) is 14.3 Å². The number of carbonyl (C=O) groups excluding carboxylic acids is 2. The molecule has 0 saturated heterocycles. The Bertz CT molecular complexity index is 648. The highest BCUT2D eigenvalue weighted by molar-refractivity contribution is 8.00. The van der Waals surface area contributed by atoms with Gasteiger partial charge in [-0.05, 0) is 49.5 Å². The molecule has 0 unspecified atom stereocenters. The smallest absolute Gasteiger partial charge is 0.315 e. The number of aliphatic hydroxyl groups is 1. The van der Waals surface area contributed by atoms with Gasteiger partial charge in [-0.2, -0.15) is 0 Å². The molecule has 0 bridgehead atoms. The third kappa shape index (κ3) is 2.18. The zero-order chi connectivity index (χ0) is 16.1. The zero-order valence-electron chi connectivity index (χ0n) is 13.1. The molecule has 1 N–H and O–H groups in total. The summed E-state index contributed by atoms with van der Waals surface area (Å²) in [6, 6.07) is 0. The lowest BCUT2D eigenvalue weighted by Crippen LogP contribution is -2.47. The van der Waals surface area contributed by atoms with Crippen LogP contribution in [0, 0.1) is 5.41 Å². The Morgan fingerprint density at radius 1 is 1.41 bits per heavy atom. The Labute approximate surface area is 134 Å². The lowest BCUT2D eigenvalue weighted by Gasteiger charge is -2.35. The molecule has 0 aromatic rings. The molecule has 0 radical (unpaired) electrons. The van der Waals surface area contributed by atoms with E-state index in [0.717, 1.165) is 29.6 Å². The third-order valence-electron chi connectivity index (χ3n) is 5.01. The van der Waals surface area contributed by atoms with E-state index in [9.17, 15) is 14.7 Å². The number of hydrogen-bond acceptors (Lipinski definition) is 5. The highest BCUT2D eigenvalue weighted by atomic mass is 32.2. The number of ketones is 1. The summed E-state index contributed by atoms with van der Waals surface area (Å²) in [5.41, 5.74) is 2.04. The second kappa shape index (κ2) is 5.10. The van der Waals surface area contributed by atoms with Crippen LogP contribution in [0.25, 0.3) is 0 Å². The topological polar surface area (TPSA) is 63.6 Å². The van der Waals surface area contributed by atoms with Crippen molar-refractivity contribution in [2.24, 2.45) is 5.41 Å². The Balaban J connectivity index is 1.84. The monoisotopic (exact) mass is 320 g/mol. The van der Waals surface area contributed by atoms with Crippen LogP contribution in [0.2, 0.25) is 0 Å². The number of methoxy groups -OCH3 is 1. The van der Waals surface area contributed by atoms with Crippen LogP contribution in [0.5, 0.6) is 0 Å². The standard InChI is InChI=1S/C17H20O4S/c1-10-6-11-12(13(10)8-22-9-14(18)21-3)7-17(4-5-17)16(2,20)15(11)19/h6-7,20H,4-5,8-9H2,1-3H3/t16-/m0/s1. The number of ether oxygens (including phenoxy) is 1. The molecular formula is C17H20O4S. The van der Waals surface area contributed by atoms with Crippen molar-refractivity contribution in [2.45, 2.75) is 32.3 Å². The molecule has 3 aliphatic rings. The van der Waals surface area contributed by atoms with E-state index in [1.54, 1.807) is 6.92 Å². The fourth-order valence-electron chi connectivity index (χ4n) is 3.27. The van der Waals surface area contributed by atoms with Gasteiger partial charge in [0.1, 0.15) is 5.60 Å². The Morgan fingerprint density at radius 3 is 2.68 bits per heavy atom. The summed E-state index contributed by atoms with van der Waals surface area (Å²) in [4.78, 5) is 23.9. The summed E-state index contributed by atoms with van der Waals surface area (Å²) in [6.07, 6.45) is 5.66. The van der Waals surface area contributed by atoms with E-state index in [2.05, 4.69) is 10.8 Å². The highest BCUT2D eigenvalue weighted by Crippen LogP contribution is 2.61. The van der Waals surface area contributed by atoms with Crippen LogP contribution in [0.3, 0.4) is 0 Å². The van der Waals surface area contributed by atoms with Crippen LogP contribution in [0.1, 0.15) is 26.7 Å². The van der Waals surface area contributed by atoms with Gasteiger partial charge in [0.25, 0.3) is 0 Å². The summed E-state index contributed by atoms with van der Waals surface area (Å²) >= 11 is 1.48. The van der Waals surface area contributed by atoms with Gasteiger partial charge in [-0.3, -0.25) is 9.59 Å². The van der Waals surface area contributed by atoms with Crippen molar-refractivity contribution in [3.8, 4) is 0 Å². The van der Waals surface area contributed by atoms with Gasteiger partial charge in [-0.25, -0.2) is 0 Å². The average Bonchev–Trinajstić information content (AvgIpc) is 3.20. The number of esters is 1. The largest absolute Gasteiger partial charge is 0.468 e. The first-order valence-electron chi connectivity index (χ1n) is 7.39. The van der Waals surface area contributed by atoms with Crippen molar-refractivity contribution in [2.75, 3.05) is 18.6 Å². The molecular weight excluding hydrogens is 300 g/mol. The molecule has 1 spiro atoms. The lowest BCUT2D eigenvalue weighted by atomic mass is 9.72. The second-order valence-corrected chi connectivity index (χ2v) is 7.39. The van der Waals surface area contributed by atoms with Crippen molar-refractivity contribution >= 4 is 23.5 Å². The fraction of sp³-hybridized carbons (Fsp3) is 0.529. The summed E-state index contributed by atoms with van der Waals surface area (Å²) in [6.45, 7) is 3.61. The van der Waals surface area contributed by atoms with E-state index in [1.165, 1.54) is 18.9 Å². The molecule has 0 amide bonds.